The van der Waals surface area contributed by atoms with Gasteiger partial charge in [0.2, 0.25) is 0 Å². The lowest BCUT2D eigenvalue weighted by molar-refractivity contribution is 0.474. The van der Waals surface area contributed by atoms with Crippen molar-refractivity contribution in [2.75, 3.05) is 0 Å². The third-order valence-corrected chi connectivity index (χ3v) is 2.30. The smallest absolute Gasteiger partial charge is 0.134 e. The molecule has 0 aliphatic heterocycles. The number of benzene rings is 1. The summed E-state index contributed by atoms with van der Waals surface area (Å²) in [6.07, 6.45) is 0. The molecule has 13 heavy (non-hydrogen) atoms. The summed E-state index contributed by atoms with van der Waals surface area (Å²) in [7, 11) is 0. The summed E-state index contributed by atoms with van der Waals surface area (Å²) in [5.74, 6) is -0.187. The van der Waals surface area contributed by atoms with Crippen LogP contribution in [0.4, 0.5) is 0 Å². The number of phenolic OH excluding ortho intramolecular Hbond substituents is 1. The fraction of sp³-hybridized carbons (Fsp3) is 0.300. The molecule has 2 nitrogen and oxygen atoms in total. The van der Waals surface area contributed by atoms with Crippen molar-refractivity contribution >= 4 is 11.6 Å². The van der Waals surface area contributed by atoms with Crippen molar-refractivity contribution in [3.63, 3.8) is 0 Å². The van der Waals surface area contributed by atoms with Gasteiger partial charge in [-0.3, -0.25) is 0 Å². The molecule has 0 spiro atoms. The van der Waals surface area contributed by atoms with E-state index in [1.807, 2.05) is 6.92 Å². The van der Waals surface area contributed by atoms with Crippen LogP contribution in [0.5, 0.6) is 5.75 Å². The molecular weight excluding hydrogens is 186 g/mol. The van der Waals surface area contributed by atoms with Gasteiger partial charge in [-0.05, 0) is 37.1 Å². The predicted octanol–water partition coefficient (Wildman–Crippen LogP) is 2.98. The zero-order valence-corrected chi connectivity index (χ0v) is 8.26. The Labute approximate surface area is 82.4 Å². The Morgan fingerprint density at radius 2 is 2.15 bits per heavy atom. The monoisotopic (exact) mass is 195 g/mol. The maximum absolute atomic E-state index is 9.33. The summed E-state index contributed by atoms with van der Waals surface area (Å²) >= 11 is 5.70. The Kier molecular flexibility index (Phi) is 2.79. The van der Waals surface area contributed by atoms with E-state index in [0.29, 0.717) is 5.02 Å². The molecule has 0 amide bonds. The van der Waals surface area contributed by atoms with E-state index in [1.165, 1.54) is 0 Å². The molecule has 0 heterocycles. The normalized spacial score (nSPS) is 12.2. The van der Waals surface area contributed by atoms with Gasteiger partial charge in [0.25, 0.3) is 0 Å². The van der Waals surface area contributed by atoms with Crippen molar-refractivity contribution in [2.24, 2.45) is 0 Å². The van der Waals surface area contributed by atoms with Crippen LogP contribution in [-0.4, -0.2) is 5.11 Å². The quantitative estimate of drug-likeness (QED) is 0.749. The first-order valence-electron chi connectivity index (χ1n) is 3.95. The van der Waals surface area contributed by atoms with Gasteiger partial charge in [-0.25, -0.2) is 0 Å². The number of hydrogen-bond acceptors (Lipinski definition) is 2. The van der Waals surface area contributed by atoms with Gasteiger partial charge in [0.05, 0.1) is 17.0 Å². The van der Waals surface area contributed by atoms with E-state index in [1.54, 1.807) is 19.1 Å². The highest BCUT2D eigenvalue weighted by Crippen LogP contribution is 2.30. The van der Waals surface area contributed by atoms with Gasteiger partial charge >= 0.3 is 0 Å². The third-order valence-electron chi connectivity index (χ3n) is 2.00. The SMILES string of the molecule is Cc1cc(Cl)c(O)cc1C(C)C#N. The highest BCUT2D eigenvalue weighted by molar-refractivity contribution is 6.32. The van der Waals surface area contributed by atoms with E-state index in [9.17, 15) is 5.11 Å². The molecule has 1 unspecified atom stereocenters. The number of nitrogens with zero attached hydrogens (tertiary/aromatic N) is 1. The second kappa shape index (κ2) is 3.68. The minimum Gasteiger partial charge on any atom is -0.506 e. The second-order valence-electron chi connectivity index (χ2n) is 3.01. The van der Waals surface area contributed by atoms with Gasteiger partial charge in [-0.1, -0.05) is 11.6 Å². The number of rotatable bonds is 1. The maximum Gasteiger partial charge on any atom is 0.134 e. The summed E-state index contributed by atoms with van der Waals surface area (Å²) in [5.41, 5.74) is 1.75. The fourth-order valence-electron chi connectivity index (χ4n) is 1.21. The van der Waals surface area contributed by atoms with E-state index in [0.717, 1.165) is 11.1 Å². The molecule has 0 bridgehead atoms. The van der Waals surface area contributed by atoms with E-state index in [4.69, 9.17) is 16.9 Å². The number of aryl methyl sites for hydroxylation is 1. The van der Waals surface area contributed by atoms with Gasteiger partial charge in [-0.2, -0.15) is 5.26 Å². The average molecular weight is 196 g/mol. The zero-order chi connectivity index (χ0) is 10.0. The molecule has 0 saturated carbocycles. The van der Waals surface area contributed by atoms with Crippen LogP contribution in [0, 0.1) is 18.3 Å². The van der Waals surface area contributed by atoms with Crippen molar-refractivity contribution in [2.45, 2.75) is 19.8 Å². The topological polar surface area (TPSA) is 44.0 Å². The number of halogens is 1. The van der Waals surface area contributed by atoms with Gasteiger partial charge in [0, 0.05) is 0 Å². The lowest BCUT2D eigenvalue weighted by atomic mass is 9.97. The average Bonchev–Trinajstić information content (AvgIpc) is 2.10. The van der Waals surface area contributed by atoms with Gasteiger partial charge in [0.15, 0.2) is 0 Å². The largest absolute Gasteiger partial charge is 0.506 e. The molecule has 0 aromatic heterocycles. The Balaban J connectivity index is 3.25. The standard InChI is InChI=1S/C10H10ClNO/c1-6-3-9(11)10(13)4-8(6)7(2)5-12/h3-4,7,13H,1-2H3. The molecule has 0 radical (unpaired) electrons. The molecule has 1 rings (SSSR count). The van der Waals surface area contributed by atoms with Crippen LogP contribution in [-0.2, 0) is 0 Å². The molecule has 3 heteroatoms. The van der Waals surface area contributed by atoms with Crippen molar-refractivity contribution < 1.29 is 5.11 Å². The van der Waals surface area contributed by atoms with Crippen molar-refractivity contribution in [3.8, 4) is 11.8 Å². The first-order chi connectivity index (χ1) is 6.06. The van der Waals surface area contributed by atoms with E-state index in [2.05, 4.69) is 6.07 Å². The highest BCUT2D eigenvalue weighted by atomic mass is 35.5. The van der Waals surface area contributed by atoms with Crippen molar-refractivity contribution in [1.29, 1.82) is 5.26 Å². The minimum atomic E-state index is -0.219. The number of aromatic hydroxyl groups is 1. The molecule has 1 aromatic carbocycles. The first-order valence-corrected chi connectivity index (χ1v) is 4.32. The number of phenols is 1. The Morgan fingerprint density at radius 1 is 1.54 bits per heavy atom. The molecule has 1 aromatic rings. The lowest BCUT2D eigenvalue weighted by Gasteiger charge is -2.08. The summed E-state index contributed by atoms with van der Waals surface area (Å²) in [6, 6.07) is 5.33. The third kappa shape index (κ3) is 1.93. The summed E-state index contributed by atoms with van der Waals surface area (Å²) < 4.78 is 0. The Hall–Kier alpha value is -1.20. The van der Waals surface area contributed by atoms with Gasteiger partial charge < -0.3 is 5.11 Å². The minimum absolute atomic E-state index is 0.0318. The number of nitriles is 1. The molecule has 0 fully saturated rings. The van der Waals surface area contributed by atoms with Gasteiger partial charge in [0.1, 0.15) is 5.75 Å². The van der Waals surface area contributed by atoms with Gasteiger partial charge in [-0.15, -0.1) is 0 Å². The maximum atomic E-state index is 9.33. The summed E-state index contributed by atoms with van der Waals surface area (Å²) in [4.78, 5) is 0. The molecular formula is C10H10ClNO. The Bertz CT molecular complexity index is 368. The van der Waals surface area contributed by atoms with Crippen LogP contribution >= 0.6 is 11.6 Å². The molecule has 0 saturated heterocycles. The van der Waals surface area contributed by atoms with Crippen LogP contribution < -0.4 is 0 Å². The van der Waals surface area contributed by atoms with Crippen LogP contribution in [0.1, 0.15) is 24.0 Å². The van der Waals surface area contributed by atoms with Crippen molar-refractivity contribution in [3.05, 3.63) is 28.3 Å². The predicted molar refractivity (Wildman–Crippen MR) is 51.9 cm³/mol. The second-order valence-corrected chi connectivity index (χ2v) is 3.42. The molecule has 0 aliphatic rings. The van der Waals surface area contributed by atoms with Crippen LogP contribution in [0.2, 0.25) is 5.02 Å². The van der Waals surface area contributed by atoms with E-state index in [-0.39, 0.29) is 11.7 Å². The molecule has 1 atom stereocenters. The van der Waals surface area contributed by atoms with E-state index >= 15 is 0 Å². The Morgan fingerprint density at radius 3 is 2.69 bits per heavy atom. The van der Waals surface area contributed by atoms with Crippen LogP contribution in [0.15, 0.2) is 12.1 Å². The molecule has 1 N–H and O–H groups in total. The van der Waals surface area contributed by atoms with Crippen LogP contribution in [0.25, 0.3) is 0 Å². The highest BCUT2D eigenvalue weighted by Gasteiger charge is 2.10. The zero-order valence-electron chi connectivity index (χ0n) is 7.50. The fourth-order valence-corrected chi connectivity index (χ4v) is 1.43. The number of hydrogen-bond donors (Lipinski definition) is 1. The molecule has 68 valence electrons. The molecule has 0 aliphatic carbocycles. The van der Waals surface area contributed by atoms with Crippen LogP contribution in [0.3, 0.4) is 0 Å². The first kappa shape index (κ1) is 9.88. The summed E-state index contributed by atoms with van der Waals surface area (Å²) in [5, 5.41) is 18.4. The van der Waals surface area contributed by atoms with Crippen molar-refractivity contribution in [1.82, 2.24) is 0 Å². The lowest BCUT2D eigenvalue weighted by Crippen LogP contribution is -1.93. The van der Waals surface area contributed by atoms with E-state index < -0.39 is 0 Å². The summed E-state index contributed by atoms with van der Waals surface area (Å²) in [6.45, 7) is 3.66.